The lowest BCUT2D eigenvalue weighted by atomic mass is 10.0. The van der Waals surface area contributed by atoms with Crippen molar-refractivity contribution in [3.8, 4) is 11.5 Å². The number of benzene rings is 2. The van der Waals surface area contributed by atoms with Crippen LogP contribution in [0.1, 0.15) is 140 Å². The molecule has 3 nitrogen and oxygen atoms in total. The van der Waals surface area contributed by atoms with Crippen molar-refractivity contribution in [3.05, 3.63) is 59.7 Å². The van der Waals surface area contributed by atoms with E-state index in [1.54, 1.807) is 12.1 Å². The Kier molecular flexibility index (Phi) is 20.5. The highest BCUT2D eigenvalue weighted by Gasteiger charge is 2.02. The van der Waals surface area contributed by atoms with Crippen LogP contribution >= 0.6 is 0 Å². The number of aromatic hydroxyl groups is 2. The summed E-state index contributed by atoms with van der Waals surface area (Å²) in [6.45, 7) is 0. The second-order valence-electron chi connectivity index (χ2n) is 11.7. The van der Waals surface area contributed by atoms with Crippen LogP contribution in [0.3, 0.4) is 0 Å². The Hall–Kier alpha value is -1.81. The molecule has 226 valence electrons. The van der Waals surface area contributed by atoms with Gasteiger partial charge in [-0.05, 0) is 61.8 Å². The summed E-state index contributed by atoms with van der Waals surface area (Å²) < 4.78 is 12.3. The van der Waals surface area contributed by atoms with Crippen LogP contribution in [0, 0.1) is 0 Å². The first-order valence-corrected chi connectivity index (χ1v) is 18.0. The van der Waals surface area contributed by atoms with Gasteiger partial charge in [0.2, 0.25) is 0 Å². The second-order valence-corrected chi connectivity index (χ2v) is 13.4. The molecule has 0 heterocycles. The summed E-state index contributed by atoms with van der Waals surface area (Å²) in [6, 6.07) is 15.4. The lowest BCUT2D eigenvalue weighted by molar-refractivity contribution is 0.465. The van der Waals surface area contributed by atoms with Gasteiger partial charge in [0.25, 0.3) is 0 Å². The zero-order valence-electron chi connectivity index (χ0n) is 25.3. The molecular weight excluding hydrogens is 512 g/mol. The highest BCUT2D eigenvalue weighted by Crippen LogP contribution is 2.20. The first-order chi connectivity index (χ1) is 19.7. The molecule has 0 saturated heterocycles. The zero-order chi connectivity index (χ0) is 28.5. The van der Waals surface area contributed by atoms with Crippen LogP contribution in [0.15, 0.2) is 48.5 Å². The molecule has 0 amide bonds. The number of para-hydroxylation sites is 2. The molecule has 0 saturated carbocycles. The number of hydrogen-bond donors (Lipinski definition) is 2. The van der Waals surface area contributed by atoms with Crippen LogP contribution in [0.5, 0.6) is 11.5 Å². The smallest absolute Gasteiger partial charge is 0.118 e. The van der Waals surface area contributed by atoms with Crippen LogP contribution in [-0.4, -0.2) is 25.9 Å². The molecule has 0 atom stereocenters. The summed E-state index contributed by atoms with van der Waals surface area (Å²) in [5.74, 6) is 2.69. The van der Waals surface area contributed by atoms with E-state index in [0.29, 0.717) is 11.5 Å². The lowest BCUT2D eigenvalue weighted by Crippen LogP contribution is -2.02. The van der Waals surface area contributed by atoms with E-state index in [0.717, 1.165) is 48.3 Å². The fourth-order valence-electron chi connectivity index (χ4n) is 5.53. The third-order valence-corrected chi connectivity index (χ3v) is 9.61. The van der Waals surface area contributed by atoms with Gasteiger partial charge in [-0.25, -0.2) is 0 Å². The Morgan fingerprint density at radius 1 is 0.400 bits per heavy atom. The van der Waals surface area contributed by atoms with Crippen molar-refractivity contribution in [3.63, 3.8) is 0 Å². The van der Waals surface area contributed by atoms with Gasteiger partial charge in [0.05, 0.1) is 0 Å². The molecule has 0 bridgehead atoms. The van der Waals surface area contributed by atoms with Gasteiger partial charge in [0.1, 0.15) is 11.5 Å². The summed E-state index contributed by atoms with van der Waals surface area (Å²) in [4.78, 5) is 0. The molecule has 2 N–H and O–H groups in total. The van der Waals surface area contributed by atoms with Crippen molar-refractivity contribution in [2.75, 3.05) is 11.5 Å². The van der Waals surface area contributed by atoms with Crippen molar-refractivity contribution in [1.29, 1.82) is 0 Å². The van der Waals surface area contributed by atoms with Gasteiger partial charge in [-0.3, -0.25) is 4.21 Å². The van der Waals surface area contributed by atoms with Crippen LogP contribution < -0.4 is 0 Å². The molecule has 0 aliphatic carbocycles. The maximum Gasteiger partial charge on any atom is 0.118 e. The Morgan fingerprint density at radius 3 is 1.00 bits per heavy atom. The number of aryl methyl sites for hydroxylation is 2. The van der Waals surface area contributed by atoms with Crippen LogP contribution in [-0.2, 0) is 23.6 Å². The maximum atomic E-state index is 12.3. The van der Waals surface area contributed by atoms with Crippen molar-refractivity contribution in [1.82, 2.24) is 0 Å². The summed E-state index contributed by atoms with van der Waals surface area (Å²) in [5.41, 5.74) is 2.16. The molecule has 2 rings (SSSR count). The van der Waals surface area contributed by atoms with Crippen molar-refractivity contribution >= 4 is 10.8 Å². The predicted octanol–water partition coefficient (Wildman–Crippen LogP) is 10.4. The van der Waals surface area contributed by atoms with Gasteiger partial charge >= 0.3 is 0 Å². The molecule has 0 unspecified atom stereocenters. The maximum absolute atomic E-state index is 12.3. The Labute approximate surface area is 248 Å². The number of phenolic OH excluding ortho intramolecular Hbond substituents is 2. The summed E-state index contributed by atoms with van der Waals surface area (Å²) >= 11 is 0. The highest BCUT2D eigenvalue weighted by molar-refractivity contribution is 7.84. The van der Waals surface area contributed by atoms with Gasteiger partial charge < -0.3 is 10.2 Å². The zero-order valence-corrected chi connectivity index (χ0v) is 26.1. The molecule has 0 fully saturated rings. The van der Waals surface area contributed by atoms with E-state index in [9.17, 15) is 14.4 Å². The Balaban J connectivity index is 1.24. The van der Waals surface area contributed by atoms with Crippen molar-refractivity contribution in [2.45, 2.75) is 141 Å². The third-order valence-electron chi connectivity index (χ3n) is 8.12. The number of rotatable bonds is 26. The minimum Gasteiger partial charge on any atom is -0.508 e. The topological polar surface area (TPSA) is 57.5 Å². The van der Waals surface area contributed by atoms with Crippen molar-refractivity contribution < 1.29 is 14.4 Å². The summed E-state index contributed by atoms with van der Waals surface area (Å²) in [7, 11) is -0.610. The van der Waals surface area contributed by atoms with E-state index in [4.69, 9.17) is 0 Å². The van der Waals surface area contributed by atoms with Crippen LogP contribution in [0.25, 0.3) is 0 Å². The van der Waals surface area contributed by atoms with Gasteiger partial charge in [-0.15, -0.1) is 0 Å². The highest BCUT2D eigenvalue weighted by atomic mass is 32.2. The van der Waals surface area contributed by atoms with E-state index >= 15 is 0 Å². The first-order valence-electron chi connectivity index (χ1n) is 16.6. The standard InChI is InChI=1S/C36H58O3S/c37-35-29-21-19-27-33(35)25-17-13-9-5-1-3-7-11-15-23-31-40(39)32-24-16-12-8-4-2-6-10-14-18-26-34-28-20-22-30-36(34)38/h19-22,27-30,37-38H,1-18,23-26,31-32H2. The van der Waals surface area contributed by atoms with E-state index < -0.39 is 10.8 Å². The summed E-state index contributed by atoms with van der Waals surface area (Å²) in [6.07, 6.45) is 27.4. The monoisotopic (exact) mass is 570 g/mol. The van der Waals surface area contributed by atoms with E-state index in [1.807, 2.05) is 36.4 Å². The molecule has 40 heavy (non-hydrogen) atoms. The molecule has 0 aromatic heterocycles. The number of hydrogen-bond acceptors (Lipinski definition) is 3. The minimum atomic E-state index is -0.610. The molecular formula is C36H58O3S. The van der Waals surface area contributed by atoms with E-state index in [1.165, 1.54) is 116 Å². The molecule has 0 aliphatic heterocycles. The molecule has 4 heteroatoms. The molecule has 0 spiro atoms. The normalized spacial score (nSPS) is 11.4. The fourth-order valence-corrected chi connectivity index (χ4v) is 6.79. The van der Waals surface area contributed by atoms with E-state index in [2.05, 4.69) is 0 Å². The number of unbranched alkanes of at least 4 members (excludes halogenated alkanes) is 18. The first kappa shape index (κ1) is 34.4. The van der Waals surface area contributed by atoms with Crippen molar-refractivity contribution in [2.24, 2.45) is 0 Å². The van der Waals surface area contributed by atoms with Crippen LogP contribution in [0.2, 0.25) is 0 Å². The Bertz CT molecular complexity index is 826. The molecule has 2 aromatic rings. The largest absolute Gasteiger partial charge is 0.508 e. The average molecular weight is 571 g/mol. The SMILES string of the molecule is O=S(CCCCCCCCCCCCc1ccccc1O)CCCCCCCCCCCCc1ccccc1O. The van der Waals surface area contributed by atoms with Gasteiger partial charge in [0, 0.05) is 22.3 Å². The third kappa shape index (κ3) is 17.8. The van der Waals surface area contributed by atoms with Crippen LogP contribution in [0.4, 0.5) is 0 Å². The molecule has 2 aromatic carbocycles. The minimum absolute atomic E-state index is 0.439. The van der Waals surface area contributed by atoms with Gasteiger partial charge in [-0.1, -0.05) is 139 Å². The quantitative estimate of drug-likeness (QED) is 0.111. The number of phenols is 2. The lowest BCUT2D eigenvalue weighted by Gasteiger charge is -2.05. The van der Waals surface area contributed by atoms with Gasteiger partial charge in [0.15, 0.2) is 0 Å². The van der Waals surface area contributed by atoms with Gasteiger partial charge in [-0.2, -0.15) is 0 Å². The Morgan fingerprint density at radius 2 is 0.675 bits per heavy atom. The molecule has 0 radical (unpaired) electrons. The van der Waals surface area contributed by atoms with E-state index in [-0.39, 0.29) is 0 Å². The molecule has 0 aliphatic rings. The summed E-state index contributed by atoms with van der Waals surface area (Å²) in [5, 5.41) is 19.6. The second kappa shape index (κ2) is 23.9. The fraction of sp³-hybridized carbons (Fsp3) is 0.667. The average Bonchev–Trinajstić information content (AvgIpc) is 2.96. The predicted molar refractivity (Wildman–Crippen MR) is 174 cm³/mol.